The summed E-state index contributed by atoms with van der Waals surface area (Å²) in [5, 5.41) is 161. The molecule has 432 valence electrons. The predicted molar refractivity (Wildman–Crippen MR) is 252 cm³/mol. The fourth-order valence-corrected chi connectivity index (χ4v) is 14.9. The third-order valence-electron chi connectivity index (χ3n) is 19.8. The van der Waals surface area contributed by atoms with Crippen LogP contribution in [0.25, 0.3) is 0 Å². The van der Waals surface area contributed by atoms with E-state index in [9.17, 15) is 76.6 Å². The summed E-state index contributed by atoms with van der Waals surface area (Å²) in [5.41, 5.74) is -0.976. The minimum Gasteiger partial charge on any atom is -0.394 e. The first-order valence-electron chi connectivity index (χ1n) is 27.0. The fraction of sp³-hybridized carbons (Fsp3) is 0.961. The molecule has 0 aromatic carbocycles. The fourth-order valence-electron chi connectivity index (χ4n) is 14.9. The zero-order chi connectivity index (χ0) is 54.4. The number of rotatable bonds is 15. The van der Waals surface area contributed by atoms with Gasteiger partial charge in [0.05, 0.1) is 44.7 Å². The van der Waals surface area contributed by atoms with Crippen molar-refractivity contribution in [3.8, 4) is 0 Å². The molecule has 75 heavy (non-hydrogen) atoms. The molecule has 0 aromatic rings. The van der Waals surface area contributed by atoms with Gasteiger partial charge >= 0.3 is 0 Å². The van der Waals surface area contributed by atoms with Gasteiger partial charge in [0, 0.05) is 17.8 Å². The van der Waals surface area contributed by atoms with E-state index in [-0.39, 0.29) is 42.1 Å². The maximum Gasteiger partial charge on any atom is 0.187 e. The summed E-state index contributed by atoms with van der Waals surface area (Å²) in [5.74, 6) is -1.92. The molecular formula is C51H84O24. The molecule has 0 spiro atoms. The Balaban J connectivity index is 0.861. The molecule has 3 saturated carbocycles. The third-order valence-corrected chi connectivity index (χ3v) is 19.8. The normalized spacial score (nSPS) is 55.3. The van der Waals surface area contributed by atoms with Crippen LogP contribution in [0.5, 0.6) is 0 Å². The molecule has 8 fully saturated rings. The van der Waals surface area contributed by atoms with Gasteiger partial charge in [0.15, 0.2) is 30.9 Å². The summed E-state index contributed by atoms with van der Waals surface area (Å²) in [4.78, 5) is 0. The molecule has 9 aliphatic rings. The number of aliphatic hydroxyl groups is 15. The van der Waals surface area contributed by atoms with E-state index in [0.29, 0.717) is 38.5 Å². The van der Waals surface area contributed by atoms with E-state index in [4.69, 9.17) is 42.6 Å². The van der Waals surface area contributed by atoms with Crippen LogP contribution in [-0.4, -0.2) is 249 Å². The minimum atomic E-state index is -1.87. The van der Waals surface area contributed by atoms with E-state index < -0.39 is 178 Å². The van der Waals surface area contributed by atoms with Crippen LogP contribution in [-0.2, 0) is 42.6 Å². The molecule has 5 heterocycles. The van der Waals surface area contributed by atoms with Crippen LogP contribution in [0, 0.1) is 40.4 Å². The average Bonchev–Trinajstić information content (AvgIpc) is 3.86. The van der Waals surface area contributed by atoms with Crippen molar-refractivity contribution in [3.05, 3.63) is 11.6 Å². The molecule has 0 aromatic heterocycles. The largest absolute Gasteiger partial charge is 0.394 e. The second-order valence-corrected chi connectivity index (χ2v) is 23.9. The smallest absolute Gasteiger partial charge is 0.187 e. The maximum atomic E-state index is 12.9. The SMILES string of the molecule is C[C@H](CC[C@@]1(O)O[C@H]2C[C@H]3[C@@H]4CC=C5C[C@@H](O[C@@H]6O[C@H](CO)[C@@H](O[C@@H]7O[C@H](CO)[C@@H](O)[C@H](O)[C@H]7O)[C@H](O)[C@H]6O[C@H]6O[C@@H](C)[C@H](O)[C@@H](O)[C@H]6O)CC[C@]5(C)[C@H]4CC[C@]3(C)[C@@]2(O)[C@@H]1C)CO[C@@H]1O[C@H](CO)[C@@H](O)[C@H](O)[C@H]1O. The predicted octanol–water partition coefficient (Wildman–Crippen LogP) is -3.89. The highest BCUT2D eigenvalue weighted by atomic mass is 16.8. The van der Waals surface area contributed by atoms with Gasteiger partial charge in [0.1, 0.15) is 97.2 Å². The van der Waals surface area contributed by atoms with Crippen molar-refractivity contribution < 1.29 is 119 Å². The first-order valence-corrected chi connectivity index (χ1v) is 27.0. The molecule has 5 saturated heterocycles. The summed E-state index contributed by atoms with van der Waals surface area (Å²) < 4.78 is 54.1. The van der Waals surface area contributed by atoms with Crippen molar-refractivity contribution in [1.82, 2.24) is 0 Å². The summed E-state index contributed by atoms with van der Waals surface area (Å²) in [6, 6.07) is 0. The third kappa shape index (κ3) is 10.0. The summed E-state index contributed by atoms with van der Waals surface area (Å²) in [7, 11) is 0. The lowest BCUT2D eigenvalue weighted by atomic mass is 9.46. The summed E-state index contributed by atoms with van der Waals surface area (Å²) >= 11 is 0. The highest BCUT2D eigenvalue weighted by Crippen LogP contribution is 2.71. The molecule has 0 amide bonds. The minimum absolute atomic E-state index is 0.0763. The van der Waals surface area contributed by atoms with Gasteiger partial charge in [-0.15, -0.1) is 0 Å². The first kappa shape index (κ1) is 58.4. The number of allylic oxidation sites excluding steroid dienone is 1. The van der Waals surface area contributed by atoms with Gasteiger partial charge in [-0.25, -0.2) is 0 Å². The second kappa shape index (κ2) is 22.3. The Bertz CT molecular complexity index is 1970. The van der Waals surface area contributed by atoms with Crippen LogP contribution >= 0.6 is 0 Å². The van der Waals surface area contributed by atoms with Crippen molar-refractivity contribution >= 4 is 0 Å². The van der Waals surface area contributed by atoms with E-state index in [1.165, 1.54) is 12.5 Å². The lowest BCUT2D eigenvalue weighted by molar-refractivity contribution is -0.389. The monoisotopic (exact) mass is 1080 g/mol. The van der Waals surface area contributed by atoms with Gasteiger partial charge in [-0.1, -0.05) is 39.3 Å². The van der Waals surface area contributed by atoms with Gasteiger partial charge in [-0.05, 0) is 87.4 Å². The van der Waals surface area contributed by atoms with Crippen molar-refractivity contribution in [3.63, 3.8) is 0 Å². The van der Waals surface area contributed by atoms with E-state index >= 15 is 0 Å². The topological polar surface area (TPSA) is 387 Å². The molecule has 24 heteroatoms. The van der Waals surface area contributed by atoms with Crippen molar-refractivity contribution in [2.24, 2.45) is 40.4 Å². The molecule has 15 N–H and O–H groups in total. The van der Waals surface area contributed by atoms with Crippen LogP contribution < -0.4 is 0 Å². The average molecular weight is 1080 g/mol. The van der Waals surface area contributed by atoms with Gasteiger partial charge in [-0.3, -0.25) is 0 Å². The molecule has 24 nitrogen and oxygen atoms in total. The number of hydrogen-bond donors (Lipinski definition) is 15. The maximum absolute atomic E-state index is 12.9. The van der Waals surface area contributed by atoms with Crippen molar-refractivity contribution in [2.45, 2.75) is 239 Å². The van der Waals surface area contributed by atoms with Gasteiger partial charge in [-0.2, -0.15) is 0 Å². The number of hydrogen-bond acceptors (Lipinski definition) is 24. The zero-order valence-corrected chi connectivity index (χ0v) is 43.2. The molecular weight excluding hydrogens is 997 g/mol. The molecule has 31 atom stereocenters. The second-order valence-electron chi connectivity index (χ2n) is 23.9. The van der Waals surface area contributed by atoms with E-state index in [0.717, 1.165) is 12.8 Å². The lowest BCUT2D eigenvalue weighted by Crippen LogP contribution is -2.67. The van der Waals surface area contributed by atoms with E-state index in [1.807, 2.05) is 13.8 Å². The Labute approximate surface area is 435 Å². The Kier molecular flexibility index (Phi) is 17.3. The first-order chi connectivity index (χ1) is 35.4. The van der Waals surface area contributed by atoms with Gasteiger partial charge < -0.3 is 119 Å². The van der Waals surface area contributed by atoms with Gasteiger partial charge in [0.2, 0.25) is 0 Å². The number of ether oxygens (including phenoxy) is 9. The number of fused-ring (bicyclic) bond motifs is 7. The van der Waals surface area contributed by atoms with E-state index in [2.05, 4.69) is 19.9 Å². The molecule has 0 radical (unpaired) electrons. The highest BCUT2D eigenvalue weighted by Gasteiger charge is 2.75. The molecule has 5 aliphatic heterocycles. The Morgan fingerprint density at radius 2 is 1.20 bits per heavy atom. The number of aliphatic hydroxyl groups excluding tert-OH is 13. The van der Waals surface area contributed by atoms with Crippen molar-refractivity contribution in [1.29, 1.82) is 0 Å². The van der Waals surface area contributed by atoms with Crippen LogP contribution in [0.2, 0.25) is 0 Å². The molecule has 4 aliphatic carbocycles. The van der Waals surface area contributed by atoms with E-state index in [1.54, 1.807) is 0 Å². The van der Waals surface area contributed by atoms with Crippen LogP contribution in [0.3, 0.4) is 0 Å². The molecule has 0 bridgehead atoms. The summed E-state index contributed by atoms with van der Waals surface area (Å²) in [6.45, 7) is 7.61. The van der Waals surface area contributed by atoms with Crippen LogP contribution in [0.1, 0.15) is 92.4 Å². The highest BCUT2D eigenvalue weighted by molar-refractivity contribution is 5.29. The molecule has 9 rings (SSSR count). The molecule has 0 unspecified atom stereocenters. The Morgan fingerprint density at radius 3 is 1.84 bits per heavy atom. The van der Waals surface area contributed by atoms with Crippen LogP contribution in [0.4, 0.5) is 0 Å². The Morgan fingerprint density at radius 1 is 0.627 bits per heavy atom. The quantitative estimate of drug-likeness (QED) is 0.0697. The van der Waals surface area contributed by atoms with Gasteiger partial charge in [0.25, 0.3) is 0 Å². The standard InChI is InChI=1S/C51H84O24/c1-20(19-67-44-38(61)36(59)33(56)28(16-52)70-44)8-13-50(65)22(3)51(66)31(75-50)15-27-25-7-6-23-14-24(9-11-48(23,4)26(25)10-12-49(27,51)5)69-47-43(74-45-39(62)35(58)32(55)21(2)68-45)41(64)42(30(18-54)72-47)73-46-40(63)37(60)34(57)29(17-53)71-46/h6,20-22,24-47,52-66H,7-19H2,1-5H3/t20-,21+,22-,24+,25-,26+,27+,28-,29-,30-,31+,32+,33-,34-,35-,36+,37+,38-,39-,40-,41+,42-,43-,44-,45-,46+,47-,48+,49+,50-,51-/m1/s1. The van der Waals surface area contributed by atoms with Crippen LogP contribution in [0.15, 0.2) is 11.6 Å². The lowest BCUT2D eigenvalue weighted by Gasteiger charge is -2.59. The zero-order valence-electron chi connectivity index (χ0n) is 43.2. The summed E-state index contributed by atoms with van der Waals surface area (Å²) in [6.07, 6.45) is -24.5. The van der Waals surface area contributed by atoms with Crippen molar-refractivity contribution in [2.75, 3.05) is 26.4 Å². The Hall–Kier alpha value is -1.22.